The number of hydrazone groups is 1. The highest BCUT2D eigenvalue weighted by atomic mass is 35.5. The van der Waals surface area contributed by atoms with Crippen LogP contribution >= 0.6 is 46.3 Å². The van der Waals surface area contributed by atoms with Gasteiger partial charge in [-0.2, -0.15) is 5.10 Å². The molecule has 0 aliphatic carbocycles. The standard InChI is InChI=1S/C22H15Cl2N3OS2/c23-17-10-7-15(11-18(17)24)12-25-27-21(28)16-8-5-14(6-9-16)13-29-22-26-19-3-1-2-4-20(19)30-22/h1-12H,13H2,(H,27,28). The Morgan fingerprint density at radius 3 is 2.63 bits per heavy atom. The van der Waals surface area contributed by atoms with Gasteiger partial charge in [0.05, 0.1) is 26.5 Å². The van der Waals surface area contributed by atoms with Gasteiger partial charge in [0.1, 0.15) is 0 Å². The van der Waals surface area contributed by atoms with Gasteiger partial charge in [-0.15, -0.1) is 11.3 Å². The number of hydrogen-bond acceptors (Lipinski definition) is 5. The molecule has 0 bridgehead atoms. The fourth-order valence-electron chi connectivity index (χ4n) is 2.63. The number of amides is 1. The van der Waals surface area contributed by atoms with Gasteiger partial charge in [0.15, 0.2) is 4.34 Å². The van der Waals surface area contributed by atoms with Crippen molar-refractivity contribution in [2.24, 2.45) is 5.10 Å². The predicted molar refractivity (Wildman–Crippen MR) is 127 cm³/mol. The Balaban J connectivity index is 1.32. The van der Waals surface area contributed by atoms with Crippen LogP contribution in [0.4, 0.5) is 0 Å². The fraction of sp³-hybridized carbons (Fsp3) is 0.0455. The Hall–Kier alpha value is -2.38. The molecule has 0 spiro atoms. The van der Waals surface area contributed by atoms with Crippen molar-refractivity contribution in [3.05, 3.63) is 93.5 Å². The molecule has 0 radical (unpaired) electrons. The first-order valence-corrected chi connectivity index (χ1v) is 11.5. The van der Waals surface area contributed by atoms with Gasteiger partial charge in [0.25, 0.3) is 5.91 Å². The minimum absolute atomic E-state index is 0.281. The average Bonchev–Trinajstić information content (AvgIpc) is 3.18. The number of nitrogens with one attached hydrogen (secondary N) is 1. The first-order chi connectivity index (χ1) is 14.6. The molecule has 8 heteroatoms. The third-order valence-corrected chi connectivity index (χ3v) is 7.17. The lowest BCUT2D eigenvalue weighted by Crippen LogP contribution is -2.17. The van der Waals surface area contributed by atoms with Crippen molar-refractivity contribution in [1.82, 2.24) is 10.4 Å². The molecule has 1 aromatic heterocycles. The molecular formula is C22H15Cl2N3OS2. The number of nitrogens with zero attached hydrogens (tertiary/aromatic N) is 2. The molecule has 0 atom stereocenters. The maximum absolute atomic E-state index is 12.3. The van der Waals surface area contributed by atoms with Crippen LogP contribution in [0.5, 0.6) is 0 Å². The van der Waals surface area contributed by atoms with E-state index in [-0.39, 0.29) is 5.91 Å². The molecule has 1 heterocycles. The molecule has 0 fully saturated rings. The van der Waals surface area contributed by atoms with Gasteiger partial charge in [-0.05, 0) is 47.5 Å². The zero-order valence-corrected chi connectivity index (χ0v) is 18.7. The summed E-state index contributed by atoms with van der Waals surface area (Å²) in [5.74, 6) is 0.508. The second kappa shape index (κ2) is 9.62. The second-order valence-corrected chi connectivity index (χ2v) is 9.37. The number of rotatable bonds is 6. The summed E-state index contributed by atoms with van der Waals surface area (Å²) in [5, 5.41) is 4.88. The van der Waals surface area contributed by atoms with Crippen molar-refractivity contribution >= 4 is 68.6 Å². The van der Waals surface area contributed by atoms with Gasteiger partial charge < -0.3 is 0 Å². The monoisotopic (exact) mass is 471 g/mol. The lowest BCUT2D eigenvalue weighted by atomic mass is 10.1. The summed E-state index contributed by atoms with van der Waals surface area (Å²) >= 11 is 15.2. The molecule has 0 aliphatic heterocycles. The summed E-state index contributed by atoms with van der Waals surface area (Å²) in [6, 6.07) is 20.7. The summed E-state index contributed by atoms with van der Waals surface area (Å²) < 4.78 is 2.23. The summed E-state index contributed by atoms with van der Waals surface area (Å²) in [4.78, 5) is 16.9. The first-order valence-electron chi connectivity index (χ1n) is 8.94. The zero-order valence-electron chi connectivity index (χ0n) is 15.5. The van der Waals surface area contributed by atoms with E-state index in [0.29, 0.717) is 15.6 Å². The number of fused-ring (bicyclic) bond motifs is 1. The third kappa shape index (κ3) is 5.21. The van der Waals surface area contributed by atoms with Crippen molar-refractivity contribution in [1.29, 1.82) is 0 Å². The van der Waals surface area contributed by atoms with Crippen LogP contribution in [-0.4, -0.2) is 17.1 Å². The highest BCUT2D eigenvalue weighted by Gasteiger charge is 2.07. The molecule has 4 nitrogen and oxygen atoms in total. The number of para-hydroxylation sites is 1. The largest absolute Gasteiger partial charge is 0.271 e. The molecule has 0 aliphatic rings. The summed E-state index contributed by atoms with van der Waals surface area (Å²) in [5.41, 5.74) is 5.94. The number of carbonyl (C=O) groups is 1. The van der Waals surface area contributed by atoms with Crippen LogP contribution < -0.4 is 5.43 Å². The van der Waals surface area contributed by atoms with Crippen molar-refractivity contribution in [2.75, 3.05) is 0 Å². The normalized spacial score (nSPS) is 11.3. The Morgan fingerprint density at radius 2 is 1.87 bits per heavy atom. The average molecular weight is 472 g/mol. The van der Waals surface area contributed by atoms with Gasteiger partial charge in [0.2, 0.25) is 0 Å². The second-order valence-electron chi connectivity index (χ2n) is 6.31. The number of thiazole rings is 1. The van der Waals surface area contributed by atoms with Gasteiger partial charge in [-0.25, -0.2) is 10.4 Å². The maximum atomic E-state index is 12.3. The molecular weight excluding hydrogens is 457 g/mol. The van der Waals surface area contributed by atoms with Gasteiger partial charge in [0, 0.05) is 11.3 Å². The highest BCUT2D eigenvalue weighted by molar-refractivity contribution is 8.00. The van der Waals surface area contributed by atoms with E-state index in [1.165, 1.54) is 10.9 Å². The topological polar surface area (TPSA) is 54.4 Å². The number of hydrogen-bond donors (Lipinski definition) is 1. The van der Waals surface area contributed by atoms with Crippen molar-refractivity contribution < 1.29 is 4.79 Å². The van der Waals surface area contributed by atoms with E-state index in [1.807, 2.05) is 30.3 Å². The van der Waals surface area contributed by atoms with Gasteiger partial charge in [-0.1, -0.05) is 65.3 Å². The predicted octanol–water partition coefficient (Wildman–Crippen LogP) is 6.66. The Morgan fingerprint density at radius 1 is 1.07 bits per heavy atom. The van der Waals surface area contributed by atoms with Crippen molar-refractivity contribution in [2.45, 2.75) is 10.1 Å². The SMILES string of the molecule is O=C(NN=Cc1ccc(Cl)c(Cl)c1)c1ccc(CSc2nc3ccccc3s2)cc1. The van der Waals surface area contributed by atoms with E-state index in [9.17, 15) is 4.79 Å². The first kappa shape index (κ1) is 20.9. The van der Waals surface area contributed by atoms with Gasteiger partial charge in [-0.3, -0.25) is 4.79 Å². The number of halogens is 2. The molecule has 1 N–H and O–H groups in total. The van der Waals surface area contributed by atoms with E-state index < -0.39 is 0 Å². The van der Waals surface area contributed by atoms with E-state index >= 15 is 0 Å². The molecule has 0 unspecified atom stereocenters. The zero-order chi connectivity index (χ0) is 20.9. The summed E-state index contributed by atoms with van der Waals surface area (Å²) in [6.07, 6.45) is 1.52. The van der Waals surface area contributed by atoms with E-state index in [1.54, 1.807) is 53.4 Å². The molecule has 3 aromatic carbocycles. The van der Waals surface area contributed by atoms with Crippen LogP contribution in [0.1, 0.15) is 21.5 Å². The Bertz CT molecular complexity index is 1190. The molecule has 1 amide bonds. The van der Waals surface area contributed by atoms with Crippen LogP contribution in [0, 0.1) is 0 Å². The molecule has 150 valence electrons. The van der Waals surface area contributed by atoms with E-state index in [4.69, 9.17) is 23.2 Å². The number of aromatic nitrogens is 1. The lowest BCUT2D eigenvalue weighted by molar-refractivity contribution is 0.0955. The highest BCUT2D eigenvalue weighted by Crippen LogP contribution is 2.31. The minimum Gasteiger partial charge on any atom is -0.267 e. The number of thioether (sulfide) groups is 1. The lowest BCUT2D eigenvalue weighted by Gasteiger charge is -2.03. The van der Waals surface area contributed by atoms with Crippen LogP contribution in [0.3, 0.4) is 0 Å². The van der Waals surface area contributed by atoms with Crippen molar-refractivity contribution in [3.63, 3.8) is 0 Å². The third-order valence-electron chi connectivity index (χ3n) is 4.18. The molecule has 0 saturated carbocycles. The van der Waals surface area contributed by atoms with Crippen LogP contribution in [0.15, 0.2) is 76.2 Å². The summed E-state index contributed by atoms with van der Waals surface area (Å²) in [7, 11) is 0. The Kier molecular flexibility index (Phi) is 6.69. The molecule has 4 rings (SSSR count). The Labute approximate surface area is 191 Å². The van der Waals surface area contributed by atoms with Gasteiger partial charge >= 0.3 is 0 Å². The van der Waals surface area contributed by atoms with Crippen LogP contribution in [-0.2, 0) is 5.75 Å². The molecule has 4 aromatic rings. The van der Waals surface area contributed by atoms with E-state index in [2.05, 4.69) is 21.6 Å². The van der Waals surface area contributed by atoms with Crippen LogP contribution in [0.2, 0.25) is 10.0 Å². The fourth-order valence-corrected chi connectivity index (χ4v) is 4.96. The quantitative estimate of drug-likeness (QED) is 0.194. The number of carbonyl (C=O) groups excluding carboxylic acids is 1. The van der Waals surface area contributed by atoms with E-state index in [0.717, 1.165) is 26.7 Å². The smallest absolute Gasteiger partial charge is 0.267 e. The molecule has 0 saturated heterocycles. The van der Waals surface area contributed by atoms with Crippen molar-refractivity contribution in [3.8, 4) is 0 Å². The molecule has 30 heavy (non-hydrogen) atoms. The summed E-state index contributed by atoms with van der Waals surface area (Å²) in [6.45, 7) is 0. The van der Waals surface area contributed by atoms with Crippen LogP contribution in [0.25, 0.3) is 10.2 Å². The maximum Gasteiger partial charge on any atom is 0.271 e. The number of benzene rings is 3. The minimum atomic E-state index is -0.281.